The molecule has 1 aromatic rings. The SMILES string of the molecule is Nc1ccc(O)c(C(=O)O)c1.[NH2-].[NH2-].[Pt+2]. The van der Waals surface area contributed by atoms with E-state index >= 15 is 0 Å². The Morgan fingerprint density at radius 1 is 1.29 bits per heavy atom. The molecule has 0 aliphatic rings. The zero-order valence-corrected chi connectivity index (χ0v) is 9.36. The number of carboxylic acid groups (broad SMARTS) is 1. The molecule has 0 aliphatic heterocycles. The Kier molecular flexibility index (Phi) is 9.74. The molecule has 0 amide bonds. The summed E-state index contributed by atoms with van der Waals surface area (Å²) in [7, 11) is 0. The van der Waals surface area contributed by atoms with Crippen LogP contribution in [0.3, 0.4) is 0 Å². The summed E-state index contributed by atoms with van der Waals surface area (Å²) in [5.74, 6) is -1.46. The molecule has 0 aromatic heterocycles. The topological polar surface area (TPSA) is 151 Å². The van der Waals surface area contributed by atoms with Crippen LogP contribution in [0.15, 0.2) is 18.2 Å². The first-order valence-corrected chi connectivity index (χ1v) is 2.93. The molecule has 8 N–H and O–H groups in total. The van der Waals surface area contributed by atoms with E-state index in [1.165, 1.54) is 18.2 Å². The third-order valence-corrected chi connectivity index (χ3v) is 1.25. The fourth-order valence-corrected chi connectivity index (χ4v) is 0.725. The summed E-state index contributed by atoms with van der Waals surface area (Å²) < 4.78 is 0. The Morgan fingerprint density at radius 2 is 1.79 bits per heavy atom. The van der Waals surface area contributed by atoms with Gasteiger partial charge in [0.25, 0.3) is 0 Å². The third kappa shape index (κ3) is 4.22. The van der Waals surface area contributed by atoms with Crippen molar-refractivity contribution in [2.75, 3.05) is 5.73 Å². The van der Waals surface area contributed by atoms with E-state index in [-0.39, 0.29) is 44.7 Å². The van der Waals surface area contributed by atoms with E-state index in [1.807, 2.05) is 0 Å². The molecule has 0 bridgehead atoms. The van der Waals surface area contributed by atoms with Crippen molar-refractivity contribution in [1.29, 1.82) is 0 Å². The first-order chi connectivity index (χ1) is 5.11. The summed E-state index contributed by atoms with van der Waals surface area (Å²) in [6.45, 7) is 0. The molecule has 1 aromatic carbocycles. The van der Waals surface area contributed by atoms with E-state index in [9.17, 15) is 4.79 Å². The average molecular weight is 380 g/mol. The molecule has 0 saturated carbocycles. The molecule has 0 heterocycles. The van der Waals surface area contributed by atoms with Gasteiger partial charge in [0.2, 0.25) is 0 Å². The minimum absolute atomic E-state index is 0. The molecule has 0 radical (unpaired) electrons. The second kappa shape index (κ2) is 7.32. The molecule has 6 nitrogen and oxygen atoms in total. The molecule has 82 valence electrons. The number of nitrogen functional groups attached to an aromatic ring is 1. The standard InChI is InChI=1S/C7H7NO3.2H2N.Pt/c8-4-1-2-6(9)5(3-4)7(10)11;;;/h1-3,9H,8H2,(H,10,11);2*1H2;/q;2*-1;+2. The van der Waals surface area contributed by atoms with Gasteiger partial charge in [-0.1, -0.05) is 0 Å². The van der Waals surface area contributed by atoms with Gasteiger partial charge in [0.1, 0.15) is 11.3 Å². The Balaban J connectivity index is -0.000000403. The number of carboxylic acids is 1. The van der Waals surface area contributed by atoms with E-state index in [1.54, 1.807) is 0 Å². The van der Waals surface area contributed by atoms with Crippen LogP contribution in [-0.2, 0) is 21.1 Å². The quantitative estimate of drug-likeness (QED) is 0.505. The van der Waals surface area contributed by atoms with Crippen molar-refractivity contribution in [3.63, 3.8) is 0 Å². The predicted octanol–water partition coefficient (Wildman–Crippen LogP) is 2.10. The number of carbonyl (C=O) groups is 1. The molecule has 7 heteroatoms. The van der Waals surface area contributed by atoms with Crippen molar-refractivity contribution >= 4 is 11.7 Å². The van der Waals surface area contributed by atoms with E-state index < -0.39 is 5.97 Å². The maximum Gasteiger partial charge on any atom is 2.00 e. The van der Waals surface area contributed by atoms with E-state index in [2.05, 4.69) is 0 Å². The zero-order valence-electron chi connectivity index (χ0n) is 7.08. The van der Waals surface area contributed by atoms with Gasteiger partial charge < -0.3 is 28.2 Å². The number of anilines is 1. The first-order valence-electron chi connectivity index (χ1n) is 2.93. The van der Waals surface area contributed by atoms with Crippen LogP contribution in [0.4, 0.5) is 5.69 Å². The van der Waals surface area contributed by atoms with Gasteiger partial charge in [0.05, 0.1) is 0 Å². The van der Waals surface area contributed by atoms with Crippen LogP contribution < -0.4 is 5.73 Å². The van der Waals surface area contributed by atoms with Gasteiger partial charge in [0.15, 0.2) is 0 Å². The van der Waals surface area contributed by atoms with Crippen molar-refractivity contribution in [1.82, 2.24) is 0 Å². The molecule has 1 rings (SSSR count). The van der Waals surface area contributed by atoms with Gasteiger partial charge in [-0.3, -0.25) is 0 Å². The van der Waals surface area contributed by atoms with Crippen molar-refractivity contribution in [2.45, 2.75) is 0 Å². The van der Waals surface area contributed by atoms with Crippen LogP contribution in [0.2, 0.25) is 0 Å². The minimum atomic E-state index is -1.19. The van der Waals surface area contributed by atoms with E-state index in [4.69, 9.17) is 15.9 Å². The molecule has 0 aliphatic carbocycles. The summed E-state index contributed by atoms with van der Waals surface area (Å²) in [6.07, 6.45) is 0. The number of aromatic hydroxyl groups is 1. The van der Waals surface area contributed by atoms with Crippen LogP contribution in [-0.4, -0.2) is 16.2 Å². The van der Waals surface area contributed by atoms with Crippen LogP contribution in [0.25, 0.3) is 12.3 Å². The van der Waals surface area contributed by atoms with E-state index in [0.717, 1.165) is 0 Å². The minimum Gasteiger partial charge on any atom is -0.693 e. The average Bonchev–Trinajstić information content (AvgIpc) is 1.94. The van der Waals surface area contributed by atoms with Crippen molar-refractivity contribution in [3.8, 4) is 5.75 Å². The van der Waals surface area contributed by atoms with Crippen LogP contribution in [0.5, 0.6) is 5.75 Å². The molecular weight excluding hydrogens is 369 g/mol. The van der Waals surface area contributed by atoms with Crippen LogP contribution in [0.1, 0.15) is 10.4 Å². The molecular formula is C7H11N3O3Pt. The molecule has 0 unspecified atom stereocenters. The number of phenols is 1. The van der Waals surface area contributed by atoms with Crippen LogP contribution in [0, 0.1) is 0 Å². The summed E-state index contributed by atoms with van der Waals surface area (Å²) in [5.41, 5.74) is 5.43. The molecule has 14 heavy (non-hydrogen) atoms. The van der Waals surface area contributed by atoms with Gasteiger partial charge in [0, 0.05) is 5.69 Å². The molecule has 0 saturated heterocycles. The normalized spacial score (nSPS) is 7.43. The van der Waals surface area contributed by atoms with Crippen molar-refractivity contribution < 1.29 is 36.1 Å². The van der Waals surface area contributed by atoms with Crippen molar-refractivity contribution in [2.24, 2.45) is 0 Å². The molecule has 0 atom stereocenters. The second-order valence-electron chi connectivity index (χ2n) is 2.08. The van der Waals surface area contributed by atoms with Gasteiger partial charge in [-0.25, -0.2) is 4.79 Å². The maximum atomic E-state index is 10.4. The summed E-state index contributed by atoms with van der Waals surface area (Å²) in [5, 5.41) is 17.4. The molecule has 0 fully saturated rings. The molecule has 0 spiro atoms. The van der Waals surface area contributed by atoms with Gasteiger partial charge in [-0.15, -0.1) is 0 Å². The van der Waals surface area contributed by atoms with E-state index in [0.29, 0.717) is 5.69 Å². The predicted molar refractivity (Wildman–Crippen MR) is 50.0 cm³/mol. The number of nitrogens with two attached hydrogens (primary N) is 3. The number of hydrogen-bond acceptors (Lipinski definition) is 3. The van der Waals surface area contributed by atoms with Crippen LogP contribution >= 0.6 is 0 Å². The third-order valence-electron chi connectivity index (χ3n) is 1.25. The van der Waals surface area contributed by atoms with Gasteiger partial charge in [-0.2, -0.15) is 0 Å². The number of benzene rings is 1. The van der Waals surface area contributed by atoms with Gasteiger partial charge >= 0.3 is 27.0 Å². The number of hydrogen-bond donors (Lipinski definition) is 3. The number of aromatic carboxylic acids is 1. The Hall–Kier alpha value is -1.10. The first kappa shape index (κ1) is 18.6. The Labute approximate surface area is 95.5 Å². The smallest absolute Gasteiger partial charge is 0.693 e. The summed E-state index contributed by atoms with van der Waals surface area (Å²) in [4.78, 5) is 10.4. The fraction of sp³-hybridized carbons (Fsp3) is 0. The summed E-state index contributed by atoms with van der Waals surface area (Å²) >= 11 is 0. The monoisotopic (exact) mass is 380 g/mol. The number of rotatable bonds is 1. The summed E-state index contributed by atoms with van der Waals surface area (Å²) in [6, 6.07) is 3.89. The van der Waals surface area contributed by atoms with Gasteiger partial charge in [-0.05, 0) is 18.2 Å². The second-order valence-corrected chi connectivity index (χ2v) is 2.08. The zero-order chi connectivity index (χ0) is 8.43. The largest absolute Gasteiger partial charge is 2.00 e. The fourth-order valence-electron chi connectivity index (χ4n) is 0.725. The Bertz CT molecular complexity index is 306. The maximum absolute atomic E-state index is 10.4. The Morgan fingerprint density at radius 3 is 2.14 bits per heavy atom. The van der Waals surface area contributed by atoms with Crippen molar-refractivity contribution in [3.05, 3.63) is 36.1 Å².